The van der Waals surface area contributed by atoms with Crippen molar-refractivity contribution >= 4 is 46.3 Å². The van der Waals surface area contributed by atoms with Crippen molar-refractivity contribution < 1.29 is 28.2 Å². The Bertz CT molecular complexity index is 1490. The quantitative estimate of drug-likeness (QED) is 0.370. The van der Waals surface area contributed by atoms with Crippen LogP contribution in [0.1, 0.15) is 21.5 Å². The van der Waals surface area contributed by atoms with Crippen molar-refractivity contribution in [1.82, 2.24) is 9.97 Å². The number of methoxy groups -OCH3 is 1. The van der Waals surface area contributed by atoms with Gasteiger partial charge >= 0.3 is 6.09 Å². The maximum absolute atomic E-state index is 14.9. The van der Waals surface area contributed by atoms with Crippen molar-refractivity contribution in [3.05, 3.63) is 87.9 Å². The summed E-state index contributed by atoms with van der Waals surface area (Å²) in [6.07, 6.45) is -0.738. The maximum atomic E-state index is 14.9. The van der Waals surface area contributed by atoms with Crippen LogP contribution in [0, 0.1) is 11.6 Å². The van der Waals surface area contributed by atoms with E-state index in [-0.39, 0.29) is 27.7 Å². The lowest BCUT2D eigenvalue weighted by molar-refractivity contribution is 0.0698. The van der Waals surface area contributed by atoms with E-state index in [1.807, 2.05) is 0 Å². The Kier molecular flexibility index (Phi) is 4.99. The first kappa shape index (κ1) is 21.8. The number of hydrogen-bond acceptors (Lipinski definition) is 5. The van der Waals surface area contributed by atoms with E-state index in [1.54, 1.807) is 18.2 Å². The Morgan fingerprint density at radius 1 is 1.21 bits per heavy atom. The minimum atomic E-state index is -2.21. The van der Waals surface area contributed by atoms with Gasteiger partial charge in [0.15, 0.2) is 17.4 Å². The largest absolute Gasteiger partial charge is 0.453 e. The first-order valence-corrected chi connectivity index (χ1v) is 10.3. The van der Waals surface area contributed by atoms with Crippen LogP contribution in [0.3, 0.4) is 0 Å². The van der Waals surface area contributed by atoms with Crippen molar-refractivity contribution in [2.45, 2.75) is 5.72 Å². The molecule has 0 spiro atoms. The van der Waals surface area contributed by atoms with Gasteiger partial charge in [-0.25, -0.2) is 18.6 Å². The zero-order chi connectivity index (χ0) is 24.2. The Morgan fingerprint density at radius 3 is 2.74 bits per heavy atom. The smallest absolute Gasteiger partial charge is 0.413 e. The number of hydrogen-bond donors (Lipinski definition) is 3. The fourth-order valence-corrected chi connectivity index (χ4v) is 4.27. The van der Waals surface area contributed by atoms with Gasteiger partial charge in [0.05, 0.1) is 23.8 Å². The number of fused-ring (bicyclic) bond motifs is 2. The minimum absolute atomic E-state index is 0.0914. The number of nitrogens with one attached hydrogen (secondary N) is 2. The molecule has 172 valence electrons. The molecule has 0 saturated carbocycles. The summed E-state index contributed by atoms with van der Waals surface area (Å²) in [5, 5.41) is 14.2. The van der Waals surface area contributed by atoms with E-state index in [1.165, 1.54) is 31.4 Å². The lowest BCUT2D eigenvalue weighted by atomic mass is 9.93. The van der Waals surface area contributed by atoms with Crippen LogP contribution < -0.4 is 10.2 Å². The molecule has 11 heteroatoms. The van der Waals surface area contributed by atoms with Crippen molar-refractivity contribution in [3.63, 3.8) is 0 Å². The predicted molar refractivity (Wildman–Crippen MR) is 120 cm³/mol. The molecule has 1 unspecified atom stereocenters. The van der Waals surface area contributed by atoms with Gasteiger partial charge in [0.25, 0.3) is 5.91 Å². The van der Waals surface area contributed by atoms with Gasteiger partial charge in [-0.3, -0.25) is 15.0 Å². The number of halogens is 3. The van der Waals surface area contributed by atoms with Crippen LogP contribution in [0.2, 0.25) is 5.02 Å². The number of anilines is 2. The zero-order valence-corrected chi connectivity index (χ0v) is 18.2. The van der Waals surface area contributed by atoms with Gasteiger partial charge in [0.2, 0.25) is 5.95 Å². The number of ether oxygens (including phenoxy) is 1. The standard InChI is InChI=1S/C23H15ClF2N4O4/c1-34-22(32)29-21-27-16-7-6-11(8-17(16)28-21)23(33)14-5-3-2-4-13(14)20(31)30(23)18-10-12(24)9-15(25)19(18)26/h2-10,33H,1H3,(H2,27,28,29,32). The highest BCUT2D eigenvalue weighted by atomic mass is 35.5. The summed E-state index contributed by atoms with van der Waals surface area (Å²) in [6.45, 7) is 0. The minimum Gasteiger partial charge on any atom is -0.453 e. The Labute approximate surface area is 195 Å². The topological polar surface area (TPSA) is 108 Å². The Hall–Kier alpha value is -4.02. The van der Waals surface area contributed by atoms with Gasteiger partial charge in [0.1, 0.15) is 0 Å². The molecule has 3 N–H and O–H groups in total. The van der Waals surface area contributed by atoms with Crippen LogP contribution in [0.25, 0.3) is 11.0 Å². The van der Waals surface area contributed by atoms with E-state index in [9.17, 15) is 23.5 Å². The molecule has 1 aliphatic rings. The molecule has 34 heavy (non-hydrogen) atoms. The van der Waals surface area contributed by atoms with Crippen molar-refractivity contribution in [3.8, 4) is 0 Å². The first-order valence-electron chi connectivity index (χ1n) is 9.90. The van der Waals surface area contributed by atoms with Gasteiger partial charge in [-0.1, -0.05) is 35.9 Å². The van der Waals surface area contributed by atoms with Gasteiger partial charge in [-0.05, 0) is 30.3 Å². The SMILES string of the molecule is COC(=O)Nc1nc2ccc(C3(O)c4ccccc4C(=O)N3c3cc(Cl)cc(F)c3F)cc2[nH]1. The number of nitrogens with zero attached hydrogens (tertiary/aromatic N) is 2. The van der Waals surface area contributed by atoms with E-state index in [0.717, 1.165) is 17.0 Å². The lowest BCUT2D eigenvalue weighted by Crippen LogP contribution is -2.45. The maximum Gasteiger partial charge on any atom is 0.413 e. The van der Waals surface area contributed by atoms with Gasteiger partial charge in [0, 0.05) is 21.7 Å². The van der Waals surface area contributed by atoms with Crippen molar-refractivity contribution in [2.24, 2.45) is 0 Å². The summed E-state index contributed by atoms with van der Waals surface area (Å²) < 4.78 is 33.6. The van der Waals surface area contributed by atoms with E-state index in [0.29, 0.717) is 11.0 Å². The van der Waals surface area contributed by atoms with Gasteiger partial charge in [-0.2, -0.15) is 0 Å². The second-order valence-corrected chi connectivity index (χ2v) is 7.95. The number of carbonyl (C=O) groups excluding carboxylic acids is 2. The highest BCUT2D eigenvalue weighted by Gasteiger charge is 2.51. The first-order chi connectivity index (χ1) is 16.2. The molecule has 0 bridgehead atoms. The molecule has 1 atom stereocenters. The third kappa shape index (κ3) is 3.18. The van der Waals surface area contributed by atoms with Gasteiger partial charge in [-0.15, -0.1) is 0 Å². The average molecular weight is 485 g/mol. The monoisotopic (exact) mass is 484 g/mol. The highest BCUT2D eigenvalue weighted by molar-refractivity contribution is 6.31. The molecule has 4 aromatic rings. The van der Waals surface area contributed by atoms with E-state index >= 15 is 0 Å². The van der Waals surface area contributed by atoms with Crippen molar-refractivity contribution in [2.75, 3.05) is 17.3 Å². The molecule has 0 aliphatic carbocycles. The van der Waals surface area contributed by atoms with Crippen LogP contribution in [0.5, 0.6) is 0 Å². The van der Waals surface area contributed by atoms with Crippen LogP contribution in [0.15, 0.2) is 54.6 Å². The number of imidazole rings is 1. The summed E-state index contributed by atoms with van der Waals surface area (Å²) in [5.74, 6) is -3.25. The molecule has 2 amide bonds. The van der Waals surface area contributed by atoms with Crippen LogP contribution in [-0.4, -0.2) is 34.2 Å². The van der Waals surface area contributed by atoms with Crippen LogP contribution >= 0.6 is 11.6 Å². The third-order valence-electron chi connectivity index (χ3n) is 5.56. The Balaban J connectivity index is 1.72. The average Bonchev–Trinajstić information content (AvgIpc) is 3.32. The lowest BCUT2D eigenvalue weighted by Gasteiger charge is -2.35. The fourth-order valence-electron chi connectivity index (χ4n) is 4.07. The molecule has 2 heterocycles. The molecule has 0 radical (unpaired) electrons. The third-order valence-corrected chi connectivity index (χ3v) is 5.78. The van der Waals surface area contributed by atoms with Gasteiger partial charge < -0.3 is 14.8 Å². The number of carbonyl (C=O) groups is 2. The molecule has 3 aromatic carbocycles. The summed E-state index contributed by atoms with van der Waals surface area (Å²) in [6, 6.07) is 12.6. The van der Waals surface area contributed by atoms with E-state index < -0.39 is 35.0 Å². The number of H-pyrrole nitrogens is 1. The number of amides is 2. The van der Waals surface area contributed by atoms with Crippen LogP contribution in [-0.2, 0) is 10.5 Å². The zero-order valence-electron chi connectivity index (χ0n) is 17.4. The second kappa shape index (κ2) is 7.79. The molecule has 5 rings (SSSR count). The van der Waals surface area contributed by atoms with E-state index in [2.05, 4.69) is 20.0 Å². The normalized spacial score (nSPS) is 17.2. The van der Waals surface area contributed by atoms with Crippen molar-refractivity contribution in [1.29, 1.82) is 0 Å². The summed E-state index contributed by atoms with van der Waals surface area (Å²) in [7, 11) is 1.20. The molecule has 0 fully saturated rings. The summed E-state index contributed by atoms with van der Waals surface area (Å²) in [5.41, 5.74) is -1.46. The predicted octanol–water partition coefficient (Wildman–Crippen LogP) is 4.53. The Morgan fingerprint density at radius 2 is 1.97 bits per heavy atom. The summed E-state index contributed by atoms with van der Waals surface area (Å²) >= 11 is 5.95. The molecule has 0 saturated heterocycles. The number of benzene rings is 3. The number of rotatable bonds is 3. The molecular weight excluding hydrogens is 470 g/mol. The summed E-state index contributed by atoms with van der Waals surface area (Å²) in [4.78, 5) is 32.7. The molecule has 1 aliphatic heterocycles. The molecule has 8 nitrogen and oxygen atoms in total. The van der Waals surface area contributed by atoms with E-state index in [4.69, 9.17) is 11.6 Å². The number of aliphatic hydroxyl groups is 1. The number of aromatic nitrogens is 2. The molecular formula is C23H15ClF2N4O4. The van der Waals surface area contributed by atoms with Crippen LogP contribution in [0.4, 0.5) is 25.2 Å². The fraction of sp³-hybridized carbons (Fsp3) is 0.0870. The second-order valence-electron chi connectivity index (χ2n) is 7.51. The molecule has 1 aromatic heterocycles. The highest BCUT2D eigenvalue weighted by Crippen LogP contribution is 2.46. The number of aromatic amines is 1.